The van der Waals surface area contributed by atoms with Crippen molar-refractivity contribution >= 4 is 23.3 Å². The normalized spacial score (nSPS) is 11.4. The zero-order chi connectivity index (χ0) is 14.4. The summed E-state index contributed by atoms with van der Waals surface area (Å²) in [5.74, 6) is 0.0763. The highest BCUT2D eigenvalue weighted by atomic mass is 32.1. The summed E-state index contributed by atoms with van der Waals surface area (Å²) in [6, 6.07) is 7.96. The number of hydrogen-bond donors (Lipinski definition) is 0. The second kappa shape index (κ2) is 7.01. The van der Waals surface area contributed by atoms with Crippen molar-refractivity contribution in [3.05, 3.63) is 58.1 Å². The van der Waals surface area contributed by atoms with Crippen LogP contribution in [0.3, 0.4) is 0 Å². The van der Waals surface area contributed by atoms with Crippen LogP contribution in [0.2, 0.25) is 0 Å². The van der Waals surface area contributed by atoms with Gasteiger partial charge >= 0.3 is 0 Å². The van der Waals surface area contributed by atoms with Crippen LogP contribution in [0.5, 0.6) is 0 Å². The Morgan fingerprint density at radius 3 is 2.75 bits per heavy atom. The highest BCUT2D eigenvalue weighted by Crippen LogP contribution is 2.14. The van der Waals surface area contributed by atoms with E-state index in [2.05, 4.69) is 4.98 Å². The molecule has 0 aliphatic rings. The van der Waals surface area contributed by atoms with E-state index in [9.17, 15) is 4.79 Å². The number of hydrogen-bond acceptors (Lipinski definition) is 3. The van der Waals surface area contributed by atoms with E-state index in [4.69, 9.17) is 0 Å². The Morgan fingerprint density at radius 2 is 2.10 bits per heavy atom. The molecular weight excluding hydrogens is 268 g/mol. The maximum atomic E-state index is 12.2. The molecule has 20 heavy (non-hydrogen) atoms. The summed E-state index contributed by atoms with van der Waals surface area (Å²) >= 11 is 1.64. The Morgan fingerprint density at radius 1 is 1.35 bits per heavy atom. The van der Waals surface area contributed by atoms with Gasteiger partial charge in [0.15, 0.2) is 0 Å². The van der Waals surface area contributed by atoms with E-state index in [1.54, 1.807) is 28.6 Å². The van der Waals surface area contributed by atoms with E-state index in [0.717, 1.165) is 16.9 Å². The van der Waals surface area contributed by atoms with Crippen LogP contribution in [-0.2, 0) is 11.2 Å². The standard InChI is InChI=1S/C16H18N2OS/c1-13(12-15-4-3-11-20-15)16(19)18(2)10-7-14-5-8-17-9-6-14/h3-6,8-9,11-12H,7,10H2,1-2H3/b13-12+. The topological polar surface area (TPSA) is 33.2 Å². The molecule has 0 fully saturated rings. The van der Waals surface area contributed by atoms with Crippen molar-refractivity contribution in [2.45, 2.75) is 13.3 Å². The number of likely N-dealkylation sites (N-methyl/N-ethyl adjacent to an activating group) is 1. The third kappa shape index (κ3) is 4.03. The minimum atomic E-state index is 0.0763. The van der Waals surface area contributed by atoms with Gasteiger partial charge in [-0.3, -0.25) is 9.78 Å². The average molecular weight is 286 g/mol. The summed E-state index contributed by atoms with van der Waals surface area (Å²) in [6.07, 6.45) is 6.34. The van der Waals surface area contributed by atoms with E-state index in [1.807, 2.05) is 49.7 Å². The molecule has 0 unspecified atom stereocenters. The molecule has 0 saturated heterocycles. The first kappa shape index (κ1) is 14.5. The number of rotatable bonds is 5. The predicted octanol–water partition coefficient (Wildman–Crippen LogP) is 3.25. The van der Waals surface area contributed by atoms with E-state index in [0.29, 0.717) is 6.54 Å². The molecule has 2 heterocycles. The lowest BCUT2D eigenvalue weighted by Crippen LogP contribution is -2.29. The Hall–Kier alpha value is -1.94. The van der Waals surface area contributed by atoms with Crippen LogP contribution >= 0.6 is 11.3 Å². The number of carbonyl (C=O) groups excluding carboxylic acids is 1. The third-order valence-electron chi connectivity index (χ3n) is 3.07. The molecule has 4 heteroatoms. The number of amides is 1. The molecule has 0 aromatic carbocycles. The number of pyridine rings is 1. The van der Waals surface area contributed by atoms with Crippen LogP contribution in [0.1, 0.15) is 17.4 Å². The van der Waals surface area contributed by atoms with Crippen molar-refractivity contribution in [2.75, 3.05) is 13.6 Å². The molecule has 3 nitrogen and oxygen atoms in total. The molecule has 1 amide bonds. The largest absolute Gasteiger partial charge is 0.342 e. The Bertz CT molecular complexity index is 576. The first-order chi connectivity index (χ1) is 9.66. The van der Waals surface area contributed by atoms with Crippen molar-refractivity contribution in [2.24, 2.45) is 0 Å². The van der Waals surface area contributed by atoms with Crippen LogP contribution in [-0.4, -0.2) is 29.4 Å². The minimum Gasteiger partial charge on any atom is -0.342 e. The zero-order valence-electron chi connectivity index (χ0n) is 11.7. The van der Waals surface area contributed by atoms with Gasteiger partial charge in [-0.1, -0.05) is 6.07 Å². The van der Waals surface area contributed by atoms with Gasteiger partial charge < -0.3 is 4.90 Å². The Balaban J connectivity index is 1.92. The molecule has 0 aliphatic carbocycles. The molecule has 2 rings (SSSR count). The van der Waals surface area contributed by atoms with Gasteiger partial charge in [-0.2, -0.15) is 0 Å². The number of nitrogens with zero attached hydrogens (tertiary/aromatic N) is 2. The fraction of sp³-hybridized carbons (Fsp3) is 0.250. The first-order valence-electron chi connectivity index (χ1n) is 6.53. The molecule has 0 aliphatic heterocycles. The molecular formula is C16H18N2OS. The molecule has 0 spiro atoms. The summed E-state index contributed by atoms with van der Waals surface area (Å²) in [6.45, 7) is 2.57. The van der Waals surface area contributed by atoms with Crippen molar-refractivity contribution in [1.29, 1.82) is 0 Å². The van der Waals surface area contributed by atoms with Gasteiger partial charge in [0.25, 0.3) is 0 Å². The monoisotopic (exact) mass is 286 g/mol. The molecule has 0 saturated carbocycles. The van der Waals surface area contributed by atoms with Crippen molar-refractivity contribution < 1.29 is 4.79 Å². The van der Waals surface area contributed by atoms with E-state index >= 15 is 0 Å². The lowest BCUT2D eigenvalue weighted by atomic mass is 10.2. The highest BCUT2D eigenvalue weighted by molar-refractivity contribution is 7.10. The Kier molecular flexibility index (Phi) is 5.07. The lowest BCUT2D eigenvalue weighted by Gasteiger charge is -2.17. The van der Waals surface area contributed by atoms with Gasteiger partial charge in [0.05, 0.1) is 0 Å². The quantitative estimate of drug-likeness (QED) is 0.791. The van der Waals surface area contributed by atoms with Crippen LogP contribution in [0.15, 0.2) is 47.6 Å². The molecule has 0 radical (unpaired) electrons. The van der Waals surface area contributed by atoms with Crippen LogP contribution in [0.4, 0.5) is 0 Å². The maximum absolute atomic E-state index is 12.2. The summed E-state index contributed by atoms with van der Waals surface area (Å²) in [5, 5.41) is 2.01. The summed E-state index contributed by atoms with van der Waals surface area (Å²) in [4.78, 5) is 19.1. The second-order valence-electron chi connectivity index (χ2n) is 4.67. The number of carbonyl (C=O) groups is 1. The molecule has 0 N–H and O–H groups in total. The Labute approximate surface area is 123 Å². The van der Waals surface area contributed by atoms with Crippen molar-refractivity contribution in [3.63, 3.8) is 0 Å². The van der Waals surface area contributed by atoms with Crippen LogP contribution in [0.25, 0.3) is 6.08 Å². The molecule has 104 valence electrons. The van der Waals surface area contributed by atoms with Crippen LogP contribution < -0.4 is 0 Å². The second-order valence-corrected chi connectivity index (χ2v) is 5.65. The van der Waals surface area contributed by atoms with Crippen LogP contribution in [0, 0.1) is 0 Å². The van der Waals surface area contributed by atoms with E-state index < -0.39 is 0 Å². The number of aromatic nitrogens is 1. The van der Waals surface area contributed by atoms with Gasteiger partial charge in [-0.25, -0.2) is 0 Å². The van der Waals surface area contributed by atoms with Gasteiger partial charge in [0.1, 0.15) is 0 Å². The summed E-state index contributed by atoms with van der Waals surface area (Å²) in [5.41, 5.74) is 1.96. The smallest absolute Gasteiger partial charge is 0.249 e. The fourth-order valence-electron chi connectivity index (χ4n) is 1.90. The summed E-state index contributed by atoms with van der Waals surface area (Å²) in [7, 11) is 1.84. The minimum absolute atomic E-state index is 0.0763. The van der Waals surface area contributed by atoms with E-state index in [1.165, 1.54) is 5.56 Å². The molecule has 0 atom stereocenters. The third-order valence-corrected chi connectivity index (χ3v) is 3.89. The highest BCUT2D eigenvalue weighted by Gasteiger charge is 2.10. The van der Waals surface area contributed by atoms with Crippen molar-refractivity contribution in [1.82, 2.24) is 9.88 Å². The maximum Gasteiger partial charge on any atom is 0.249 e. The van der Waals surface area contributed by atoms with Crippen molar-refractivity contribution in [3.8, 4) is 0 Å². The molecule has 0 bridgehead atoms. The fourth-order valence-corrected chi connectivity index (χ4v) is 2.61. The number of thiophene rings is 1. The first-order valence-corrected chi connectivity index (χ1v) is 7.41. The summed E-state index contributed by atoms with van der Waals surface area (Å²) < 4.78 is 0. The molecule has 2 aromatic heterocycles. The van der Waals surface area contributed by atoms with E-state index in [-0.39, 0.29) is 5.91 Å². The van der Waals surface area contributed by atoms with Gasteiger partial charge in [0.2, 0.25) is 5.91 Å². The SMILES string of the molecule is C/C(=C\c1cccs1)C(=O)N(C)CCc1ccncc1. The average Bonchev–Trinajstić information content (AvgIpc) is 2.98. The lowest BCUT2D eigenvalue weighted by molar-refractivity contribution is -0.125. The van der Waals surface area contributed by atoms with Gasteiger partial charge in [0, 0.05) is 36.4 Å². The zero-order valence-corrected chi connectivity index (χ0v) is 12.6. The van der Waals surface area contributed by atoms with Gasteiger partial charge in [-0.05, 0) is 48.6 Å². The predicted molar refractivity (Wildman–Crippen MR) is 83.5 cm³/mol. The molecule has 2 aromatic rings. The van der Waals surface area contributed by atoms with Gasteiger partial charge in [-0.15, -0.1) is 11.3 Å².